The largest absolute Gasteiger partial charge is 0.466 e. The number of halogens is 1. The zero-order chi connectivity index (χ0) is 15.5. The summed E-state index contributed by atoms with van der Waals surface area (Å²) in [5, 5.41) is 3.95. The Balaban J connectivity index is 2.06. The third-order valence-electron chi connectivity index (χ3n) is 2.66. The summed E-state index contributed by atoms with van der Waals surface area (Å²) < 4.78 is 5.64. The number of carbonyl (C=O) groups is 1. The SMILES string of the molecule is CCOC(=O)CCCSC(=S)NCCc1ccc(Cl)cc1. The van der Waals surface area contributed by atoms with Crippen LogP contribution in [0.5, 0.6) is 0 Å². The van der Waals surface area contributed by atoms with Gasteiger partial charge in [-0.1, -0.05) is 47.7 Å². The van der Waals surface area contributed by atoms with Crippen molar-refractivity contribution in [3.8, 4) is 0 Å². The van der Waals surface area contributed by atoms with Crippen molar-refractivity contribution in [2.75, 3.05) is 18.9 Å². The number of nitrogens with one attached hydrogen (secondary N) is 1. The molecule has 1 aromatic carbocycles. The van der Waals surface area contributed by atoms with Crippen molar-refractivity contribution in [1.82, 2.24) is 5.32 Å². The van der Waals surface area contributed by atoms with Crippen LogP contribution in [0.2, 0.25) is 5.02 Å². The molecular formula is C15H20ClNO2S2. The number of thioether (sulfide) groups is 1. The predicted molar refractivity (Wildman–Crippen MR) is 94.1 cm³/mol. The van der Waals surface area contributed by atoms with Crippen molar-refractivity contribution >= 4 is 45.9 Å². The lowest BCUT2D eigenvalue weighted by molar-refractivity contribution is -0.143. The van der Waals surface area contributed by atoms with E-state index in [2.05, 4.69) is 5.32 Å². The number of thiocarbonyl (C=S) groups is 1. The van der Waals surface area contributed by atoms with Crippen LogP contribution in [0.3, 0.4) is 0 Å². The van der Waals surface area contributed by atoms with E-state index in [0.717, 1.165) is 34.5 Å². The number of rotatable bonds is 8. The number of carbonyl (C=O) groups excluding carboxylic acids is 1. The lowest BCUT2D eigenvalue weighted by Gasteiger charge is -2.07. The van der Waals surface area contributed by atoms with Crippen LogP contribution in [0.4, 0.5) is 0 Å². The average molecular weight is 346 g/mol. The number of ether oxygens (including phenoxy) is 1. The first-order valence-electron chi connectivity index (χ1n) is 6.92. The van der Waals surface area contributed by atoms with Crippen molar-refractivity contribution in [3.05, 3.63) is 34.9 Å². The van der Waals surface area contributed by atoms with Crippen molar-refractivity contribution in [3.63, 3.8) is 0 Å². The maximum absolute atomic E-state index is 11.2. The molecule has 0 unspecified atom stereocenters. The molecule has 0 aromatic heterocycles. The van der Waals surface area contributed by atoms with Gasteiger partial charge in [-0.25, -0.2) is 0 Å². The molecule has 0 bridgehead atoms. The van der Waals surface area contributed by atoms with Crippen molar-refractivity contribution in [2.24, 2.45) is 0 Å². The van der Waals surface area contributed by atoms with Crippen LogP contribution >= 0.6 is 35.6 Å². The Morgan fingerprint density at radius 2 is 2.10 bits per heavy atom. The normalized spacial score (nSPS) is 10.2. The van der Waals surface area contributed by atoms with Gasteiger partial charge >= 0.3 is 5.97 Å². The summed E-state index contributed by atoms with van der Waals surface area (Å²) in [4.78, 5) is 11.2. The first kappa shape index (κ1) is 18.3. The summed E-state index contributed by atoms with van der Waals surface area (Å²) in [6.07, 6.45) is 2.14. The predicted octanol–water partition coefficient (Wildman–Crippen LogP) is 3.83. The van der Waals surface area contributed by atoms with Gasteiger partial charge in [-0.05, 0) is 37.5 Å². The Hall–Kier alpha value is -0.780. The van der Waals surface area contributed by atoms with Crippen LogP contribution in [0, 0.1) is 0 Å². The topological polar surface area (TPSA) is 38.3 Å². The third kappa shape index (κ3) is 8.96. The van der Waals surface area contributed by atoms with Gasteiger partial charge in [0.1, 0.15) is 4.32 Å². The number of hydrogen-bond donors (Lipinski definition) is 1. The fourth-order valence-corrected chi connectivity index (χ4v) is 2.78. The smallest absolute Gasteiger partial charge is 0.305 e. The molecule has 0 fully saturated rings. The molecule has 1 rings (SSSR count). The molecule has 1 aromatic rings. The summed E-state index contributed by atoms with van der Waals surface area (Å²) >= 11 is 12.6. The van der Waals surface area contributed by atoms with Gasteiger partial charge in [0.15, 0.2) is 0 Å². The molecule has 0 heterocycles. The number of benzene rings is 1. The van der Waals surface area contributed by atoms with Crippen LogP contribution in [0.25, 0.3) is 0 Å². The Bertz CT molecular complexity index is 451. The van der Waals surface area contributed by atoms with Gasteiger partial charge in [0.2, 0.25) is 0 Å². The maximum atomic E-state index is 11.2. The van der Waals surface area contributed by atoms with Gasteiger partial charge in [-0.15, -0.1) is 0 Å². The van der Waals surface area contributed by atoms with Gasteiger partial charge in [0.05, 0.1) is 6.61 Å². The van der Waals surface area contributed by atoms with E-state index in [1.807, 2.05) is 31.2 Å². The molecule has 0 spiro atoms. The first-order chi connectivity index (χ1) is 10.1. The molecule has 1 N–H and O–H groups in total. The highest BCUT2D eigenvalue weighted by Crippen LogP contribution is 2.10. The molecule has 0 saturated heterocycles. The molecule has 0 radical (unpaired) electrons. The van der Waals surface area contributed by atoms with Crippen LogP contribution < -0.4 is 5.32 Å². The molecular weight excluding hydrogens is 326 g/mol. The van der Waals surface area contributed by atoms with E-state index in [1.165, 1.54) is 5.56 Å². The number of hydrogen-bond acceptors (Lipinski definition) is 4. The van der Waals surface area contributed by atoms with Gasteiger partial charge in [0, 0.05) is 23.7 Å². The fraction of sp³-hybridized carbons (Fsp3) is 0.467. The summed E-state index contributed by atoms with van der Waals surface area (Å²) in [6, 6.07) is 7.80. The quantitative estimate of drug-likeness (QED) is 0.440. The molecule has 3 nitrogen and oxygen atoms in total. The van der Waals surface area contributed by atoms with Gasteiger partial charge in [0.25, 0.3) is 0 Å². The molecule has 0 aliphatic carbocycles. The minimum absolute atomic E-state index is 0.139. The zero-order valence-electron chi connectivity index (χ0n) is 12.1. The Morgan fingerprint density at radius 1 is 1.38 bits per heavy atom. The minimum Gasteiger partial charge on any atom is -0.466 e. The molecule has 0 atom stereocenters. The summed E-state index contributed by atoms with van der Waals surface area (Å²) in [7, 11) is 0. The molecule has 0 aliphatic heterocycles. The van der Waals surface area contributed by atoms with Crippen LogP contribution in [-0.2, 0) is 16.0 Å². The second kappa shape index (κ2) is 10.9. The van der Waals surface area contributed by atoms with E-state index in [9.17, 15) is 4.79 Å². The van der Waals surface area contributed by atoms with E-state index < -0.39 is 0 Å². The first-order valence-corrected chi connectivity index (χ1v) is 8.69. The molecule has 21 heavy (non-hydrogen) atoms. The van der Waals surface area contributed by atoms with Crippen molar-refractivity contribution in [2.45, 2.75) is 26.2 Å². The molecule has 0 amide bonds. The lowest BCUT2D eigenvalue weighted by atomic mass is 10.1. The highest BCUT2D eigenvalue weighted by atomic mass is 35.5. The molecule has 116 valence electrons. The molecule has 0 aliphatic rings. The van der Waals surface area contributed by atoms with Gasteiger partial charge in [-0.2, -0.15) is 0 Å². The minimum atomic E-state index is -0.139. The van der Waals surface area contributed by atoms with Crippen molar-refractivity contribution < 1.29 is 9.53 Å². The zero-order valence-corrected chi connectivity index (χ0v) is 14.5. The average Bonchev–Trinajstić information content (AvgIpc) is 2.46. The maximum Gasteiger partial charge on any atom is 0.305 e. The summed E-state index contributed by atoms with van der Waals surface area (Å²) in [5.41, 5.74) is 1.22. The van der Waals surface area contributed by atoms with Gasteiger partial charge < -0.3 is 10.1 Å². The van der Waals surface area contributed by atoms with E-state index >= 15 is 0 Å². The lowest BCUT2D eigenvalue weighted by Crippen LogP contribution is -2.21. The van der Waals surface area contributed by atoms with E-state index in [0.29, 0.717) is 13.0 Å². The van der Waals surface area contributed by atoms with Gasteiger partial charge in [-0.3, -0.25) is 4.79 Å². The van der Waals surface area contributed by atoms with E-state index in [4.69, 9.17) is 28.6 Å². The second-order valence-electron chi connectivity index (χ2n) is 4.35. The Morgan fingerprint density at radius 3 is 2.76 bits per heavy atom. The third-order valence-corrected chi connectivity index (χ3v) is 4.31. The van der Waals surface area contributed by atoms with E-state index in [1.54, 1.807) is 11.8 Å². The highest BCUT2D eigenvalue weighted by Gasteiger charge is 2.03. The summed E-state index contributed by atoms with van der Waals surface area (Å²) in [6.45, 7) is 3.05. The second-order valence-corrected chi connectivity index (χ2v) is 6.56. The Kier molecular flexibility index (Phi) is 9.46. The van der Waals surface area contributed by atoms with Crippen LogP contribution in [0.15, 0.2) is 24.3 Å². The standard InChI is InChI=1S/C15H20ClNO2S2/c1-2-19-14(18)4-3-11-21-15(20)17-10-9-12-5-7-13(16)8-6-12/h5-8H,2-4,9-11H2,1H3,(H,17,20). The van der Waals surface area contributed by atoms with Crippen molar-refractivity contribution in [1.29, 1.82) is 0 Å². The molecule has 6 heteroatoms. The number of esters is 1. The Labute approximate surface area is 140 Å². The fourth-order valence-electron chi connectivity index (χ4n) is 1.63. The monoisotopic (exact) mass is 345 g/mol. The van der Waals surface area contributed by atoms with Crippen LogP contribution in [0.1, 0.15) is 25.3 Å². The van der Waals surface area contributed by atoms with E-state index in [-0.39, 0.29) is 5.97 Å². The highest BCUT2D eigenvalue weighted by molar-refractivity contribution is 8.22. The summed E-state index contributed by atoms with van der Waals surface area (Å²) in [5.74, 6) is 0.686. The molecule has 0 saturated carbocycles. The van der Waals surface area contributed by atoms with Crippen LogP contribution in [-0.4, -0.2) is 29.2 Å².